The molecule has 0 aliphatic carbocycles. The average Bonchev–Trinajstić information content (AvgIpc) is 3.46. The summed E-state index contributed by atoms with van der Waals surface area (Å²) in [5.41, 5.74) is 8.55. The Balaban J connectivity index is 1.39. The van der Waals surface area contributed by atoms with Crippen molar-refractivity contribution in [1.29, 1.82) is 5.26 Å². The lowest BCUT2D eigenvalue weighted by atomic mass is 10.0. The summed E-state index contributed by atoms with van der Waals surface area (Å²) in [4.78, 5) is 12.6. The first kappa shape index (κ1) is 22.2. The van der Waals surface area contributed by atoms with E-state index in [2.05, 4.69) is 83.5 Å². The predicted octanol–water partition coefficient (Wildman–Crippen LogP) is 5.73. The molecule has 5 heteroatoms. The average molecular weight is 456 g/mol. The Morgan fingerprint density at radius 2 is 1.63 bits per heavy atom. The molecule has 0 radical (unpaired) electrons. The van der Waals surface area contributed by atoms with Crippen LogP contribution in [0, 0.1) is 43.9 Å². The zero-order valence-corrected chi connectivity index (χ0v) is 20.1. The van der Waals surface area contributed by atoms with Crippen LogP contribution >= 0.6 is 0 Å². The van der Waals surface area contributed by atoms with Crippen LogP contribution in [0.25, 0.3) is 16.9 Å². The molecule has 1 N–H and O–H groups in total. The van der Waals surface area contributed by atoms with Gasteiger partial charge in [-0.1, -0.05) is 5.92 Å². The van der Waals surface area contributed by atoms with E-state index in [1.165, 1.54) is 17.0 Å². The van der Waals surface area contributed by atoms with E-state index >= 15 is 0 Å². The van der Waals surface area contributed by atoms with Crippen LogP contribution in [0.3, 0.4) is 0 Å². The number of aryl methyl sites for hydroxylation is 5. The molecule has 5 nitrogen and oxygen atoms in total. The molecule has 35 heavy (non-hydrogen) atoms. The van der Waals surface area contributed by atoms with E-state index in [-0.39, 0.29) is 0 Å². The van der Waals surface area contributed by atoms with Crippen LogP contribution in [0.2, 0.25) is 0 Å². The smallest absolute Gasteiger partial charge is 0.138 e. The molecular weight excluding hydrogens is 430 g/mol. The van der Waals surface area contributed by atoms with Gasteiger partial charge in [-0.25, -0.2) is 9.97 Å². The molecule has 0 spiro atoms. The van der Waals surface area contributed by atoms with E-state index in [1.807, 2.05) is 36.5 Å². The summed E-state index contributed by atoms with van der Waals surface area (Å²) in [6.07, 6.45) is 3.42. The van der Waals surface area contributed by atoms with E-state index < -0.39 is 0 Å². The second-order valence-electron chi connectivity index (χ2n) is 8.84. The maximum atomic E-state index is 9.55. The van der Waals surface area contributed by atoms with E-state index in [0.29, 0.717) is 11.3 Å². The number of hydrogen-bond donors (Lipinski definition) is 1. The summed E-state index contributed by atoms with van der Waals surface area (Å²) < 4.78 is 2.18. The number of pyridine rings is 2. The van der Waals surface area contributed by atoms with Crippen molar-refractivity contribution < 1.29 is 0 Å². The third kappa shape index (κ3) is 4.86. The van der Waals surface area contributed by atoms with Gasteiger partial charge in [0.2, 0.25) is 0 Å². The van der Waals surface area contributed by atoms with Crippen molar-refractivity contribution in [2.45, 2.75) is 33.6 Å². The highest BCUT2D eigenvalue weighted by atomic mass is 15.1. The molecular formula is C30H25N5. The number of aromatic amines is 1. The van der Waals surface area contributed by atoms with Gasteiger partial charge in [0.25, 0.3) is 0 Å². The Bertz CT molecular complexity index is 1630. The monoisotopic (exact) mass is 455 g/mol. The van der Waals surface area contributed by atoms with Crippen LogP contribution in [0.15, 0.2) is 66.9 Å². The lowest BCUT2D eigenvalue weighted by Gasteiger charge is -2.12. The number of benzene rings is 1. The Labute approximate surface area is 205 Å². The summed E-state index contributed by atoms with van der Waals surface area (Å²) in [6, 6.07) is 22.4. The molecule has 0 amide bonds. The molecule has 0 fully saturated rings. The van der Waals surface area contributed by atoms with E-state index in [1.54, 1.807) is 0 Å². The minimum atomic E-state index is 0.607. The fraction of sp³-hybridized carbons (Fsp3) is 0.167. The second kappa shape index (κ2) is 9.33. The van der Waals surface area contributed by atoms with Gasteiger partial charge >= 0.3 is 0 Å². The number of nitrogens with one attached hydrogen (secondary N) is 1. The van der Waals surface area contributed by atoms with Crippen molar-refractivity contribution >= 4 is 11.0 Å². The number of nitriles is 1. The number of rotatable bonds is 4. The van der Waals surface area contributed by atoms with Crippen molar-refractivity contribution in [1.82, 2.24) is 19.5 Å². The predicted molar refractivity (Wildman–Crippen MR) is 138 cm³/mol. The van der Waals surface area contributed by atoms with Gasteiger partial charge in [-0.2, -0.15) is 5.26 Å². The third-order valence-electron chi connectivity index (χ3n) is 6.05. The van der Waals surface area contributed by atoms with Gasteiger partial charge in [0.05, 0.1) is 11.6 Å². The van der Waals surface area contributed by atoms with Gasteiger partial charge in [-0.3, -0.25) is 0 Å². The van der Waals surface area contributed by atoms with Crippen molar-refractivity contribution in [3.63, 3.8) is 0 Å². The molecule has 5 rings (SSSR count). The largest absolute Gasteiger partial charge is 0.346 e. The number of nitrogens with zero attached hydrogens (tertiary/aromatic N) is 4. The maximum Gasteiger partial charge on any atom is 0.138 e. The van der Waals surface area contributed by atoms with Gasteiger partial charge in [-0.05, 0) is 111 Å². The van der Waals surface area contributed by atoms with Crippen LogP contribution in [-0.2, 0) is 12.8 Å². The maximum absolute atomic E-state index is 9.55. The molecule has 0 aliphatic rings. The van der Waals surface area contributed by atoms with Gasteiger partial charge in [0.15, 0.2) is 0 Å². The Morgan fingerprint density at radius 3 is 2.43 bits per heavy atom. The fourth-order valence-corrected chi connectivity index (χ4v) is 4.37. The van der Waals surface area contributed by atoms with Crippen LogP contribution in [0.4, 0.5) is 0 Å². The van der Waals surface area contributed by atoms with Gasteiger partial charge in [-0.15, -0.1) is 0 Å². The van der Waals surface area contributed by atoms with Crippen molar-refractivity contribution in [2.24, 2.45) is 0 Å². The van der Waals surface area contributed by atoms with Crippen molar-refractivity contribution in [3.05, 3.63) is 112 Å². The first-order valence-electron chi connectivity index (χ1n) is 11.6. The Kier molecular flexibility index (Phi) is 5.92. The summed E-state index contributed by atoms with van der Waals surface area (Å²) in [7, 11) is 0. The number of fused-ring (bicyclic) bond motifs is 1. The SMILES string of the molecule is Cc1cc(CCc2cc(C#N)cc(C#Cc3ccc4cc[nH]c4n3)c2)nc(-n2c(C)ccc2C)c1. The van der Waals surface area contributed by atoms with Crippen LogP contribution in [0.5, 0.6) is 0 Å². The molecule has 170 valence electrons. The summed E-state index contributed by atoms with van der Waals surface area (Å²) in [6.45, 7) is 6.29. The van der Waals surface area contributed by atoms with Crippen molar-refractivity contribution in [2.75, 3.05) is 0 Å². The number of H-pyrrole nitrogens is 1. The van der Waals surface area contributed by atoms with E-state index in [0.717, 1.165) is 46.5 Å². The molecule has 4 aromatic heterocycles. The Hall–Kier alpha value is -4.61. The molecule has 4 heterocycles. The first-order valence-corrected chi connectivity index (χ1v) is 11.6. The van der Waals surface area contributed by atoms with Gasteiger partial charge < -0.3 is 9.55 Å². The number of hydrogen-bond acceptors (Lipinski definition) is 3. The highest BCUT2D eigenvalue weighted by Crippen LogP contribution is 2.18. The van der Waals surface area contributed by atoms with Crippen LogP contribution in [-0.4, -0.2) is 19.5 Å². The lowest BCUT2D eigenvalue weighted by molar-refractivity contribution is 0.861. The molecule has 0 bridgehead atoms. The summed E-state index contributed by atoms with van der Waals surface area (Å²) in [5.74, 6) is 7.26. The number of aromatic nitrogens is 4. The quantitative estimate of drug-likeness (QED) is 0.352. The van der Waals surface area contributed by atoms with Gasteiger partial charge in [0, 0.05) is 34.2 Å². The van der Waals surface area contributed by atoms with Crippen molar-refractivity contribution in [3.8, 4) is 23.7 Å². The standard InChI is InChI=1S/C30H25N5/c1-20-14-28(33-29(15-20)35-21(2)4-5-22(35)3)10-7-24-16-23(17-25(18-24)19-31)6-9-27-11-8-26-12-13-32-30(26)34-27/h4-5,8,11-18H,7,10H2,1-3H3,(H,32,34). The minimum Gasteiger partial charge on any atom is -0.346 e. The van der Waals surface area contributed by atoms with Crippen LogP contribution < -0.4 is 0 Å². The highest BCUT2D eigenvalue weighted by Gasteiger charge is 2.09. The first-order chi connectivity index (χ1) is 17.0. The molecule has 0 saturated carbocycles. The molecule has 0 saturated heterocycles. The molecule has 0 atom stereocenters. The molecule has 0 aliphatic heterocycles. The molecule has 1 aromatic carbocycles. The third-order valence-corrected chi connectivity index (χ3v) is 6.05. The normalized spacial score (nSPS) is 10.7. The zero-order valence-electron chi connectivity index (χ0n) is 20.1. The van der Waals surface area contributed by atoms with Gasteiger partial charge in [0.1, 0.15) is 17.2 Å². The molecule has 5 aromatic rings. The summed E-state index contributed by atoms with van der Waals surface area (Å²) >= 11 is 0. The van der Waals surface area contributed by atoms with Crippen LogP contribution in [0.1, 0.15) is 45.0 Å². The van der Waals surface area contributed by atoms with E-state index in [9.17, 15) is 5.26 Å². The highest BCUT2D eigenvalue weighted by molar-refractivity contribution is 5.75. The Morgan fingerprint density at radius 1 is 0.829 bits per heavy atom. The molecule has 0 unspecified atom stereocenters. The second-order valence-corrected chi connectivity index (χ2v) is 8.84. The zero-order chi connectivity index (χ0) is 24.4. The fourth-order valence-electron chi connectivity index (χ4n) is 4.37. The minimum absolute atomic E-state index is 0.607. The van der Waals surface area contributed by atoms with E-state index in [4.69, 9.17) is 4.98 Å². The lowest BCUT2D eigenvalue weighted by Crippen LogP contribution is -2.05. The summed E-state index contributed by atoms with van der Waals surface area (Å²) in [5, 5.41) is 10.6. The topological polar surface area (TPSA) is 70.3 Å².